The first-order chi connectivity index (χ1) is 11.5. The first kappa shape index (κ1) is 17.4. The highest BCUT2D eigenvalue weighted by molar-refractivity contribution is 5.94. The summed E-state index contributed by atoms with van der Waals surface area (Å²) in [5.41, 5.74) is 1.60. The van der Waals surface area contributed by atoms with Crippen LogP contribution in [-0.4, -0.2) is 49.2 Å². The van der Waals surface area contributed by atoms with Gasteiger partial charge in [-0.3, -0.25) is 4.79 Å². The average Bonchev–Trinajstić information content (AvgIpc) is 2.60. The average molecular weight is 334 g/mol. The van der Waals surface area contributed by atoms with Crippen molar-refractivity contribution in [3.63, 3.8) is 0 Å². The number of ether oxygens (including phenoxy) is 1. The van der Waals surface area contributed by atoms with E-state index in [1.54, 1.807) is 26.0 Å². The van der Waals surface area contributed by atoms with Crippen molar-refractivity contribution in [2.45, 2.75) is 51.6 Å². The highest BCUT2D eigenvalue weighted by Crippen LogP contribution is 2.20. The summed E-state index contributed by atoms with van der Waals surface area (Å²) < 4.78 is 19.1. The number of nitrogens with zero attached hydrogens (tertiary/aromatic N) is 1. The van der Waals surface area contributed by atoms with Gasteiger partial charge in [0.15, 0.2) is 0 Å². The third-order valence-electron chi connectivity index (χ3n) is 5.27. The summed E-state index contributed by atoms with van der Waals surface area (Å²) in [5, 5.41) is 3.12. The van der Waals surface area contributed by atoms with Gasteiger partial charge in [-0.05, 0) is 62.8 Å². The molecule has 1 aromatic rings. The zero-order valence-corrected chi connectivity index (χ0v) is 14.6. The molecule has 0 bridgehead atoms. The lowest BCUT2D eigenvalue weighted by Crippen LogP contribution is -2.49. The molecule has 3 rings (SSSR count). The number of hydrogen-bond acceptors (Lipinski definition) is 3. The van der Waals surface area contributed by atoms with Gasteiger partial charge < -0.3 is 15.0 Å². The molecule has 132 valence electrons. The number of piperidine rings is 1. The second-order valence-electron chi connectivity index (χ2n) is 7.05. The monoisotopic (exact) mass is 334 g/mol. The fourth-order valence-corrected chi connectivity index (χ4v) is 3.80. The Labute approximate surface area is 143 Å². The number of likely N-dealkylation sites (tertiary alicyclic amines) is 1. The van der Waals surface area contributed by atoms with E-state index in [2.05, 4.69) is 10.2 Å². The maximum Gasteiger partial charge on any atom is 0.251 e. The van der Waals surface area contributed by atoms with Crippen molar-refractivity contribution < 1.29 is 13.9 Å². The molecule has 1 N–H and O–H groups in total. The Morgan fingerprint density at radius 2 is 1.71 bits per heavy atom. The minimum atomic E-state index is -0.226. The number of halogens is 1. The number of amides is 1. The number of nitrogens with one attached hydrogen (secondary N) is 1. The molecule has 2 heterocycles. The van der Waals surface area contributed by atoms with Crippen LogP contribution in [0.5, 0.6) is 0 Å². The zero-order chi connectivity index (χ0) is 17.1. The summed E-state index contributed by atoms with van der Waals surface area (Å²) in [6.45, 7) is 7.18. The van der Waals surface area contributed by atoms with E-state index in [4.69, 9.17) is 4.74 Å². The Morgan fingerprint density at radius 1 is 1.12 bits per heavy atom. The molecule has 2 fully saturated rings. The maximum absolute atomic E-state index is 13.7. The van der Waals surface area contributed by atoms with Gasteiger partial charge in [0.25, 0.3) is 5.91 Å². The van der Waals surface area contributed by atoms with Gasteiger partial charge in [-0.1, -0.05) is 0 Å². The van der Waals surface area contributed by atoms with Gasteiger partial charge in [0.2, 0.25) is 0 Å². The number of carbonyl (C=O) groups excluding carboxylic acids is 1. The third kappa shape index (κ3) is 3.95. The van der Waals surface area contributed by atoms with Crippen LogP contribution in [0.2, 0.25) is 0 Å². The Hall–Kier alpha value is -1.46. The lowest BCUT2D eigenvalue weighted by molar-refractivity contribution is 0.0238. The second-order valence-corrected chi connectivity index (χ2v) is 7.05. The largest absolute Gasteiger partial charge is 0.381 e. The SMILES string of the molecule is Cc1cc(C(=O)NC2CCN(C3CCOCC3)CC2)cc(C)c1F. The second kappa shape index (κ2) is 7.62. The molecule has 0 spiro atoms. The molecule has 24 heavy (non-hydrogen) atoms. The molecule has 0 aliphatic carbocycles. The molecule has 2 aliphatic heterocycles. The predicted octanol–water partition coefficient (Wildman–Crippen LogP) is 2.82. The normalized spacial score (nSPS) is 21.0. The third-order valence-corrected chi connectivity index (χ3v) is 5.27. The topological polar surface area (TPSA) is 41.6 Å². The summed E-state index contributed by atoms with van der Waals surface area (Å²) in [4.78, 5) is 15.0. The summed E-state index contributed by atoms with van der Waals surface area (Å²) in [6.07, 6.45) is 4.18. The van der Waals surface area contributed by atoms with Gasteiger partial charge in [0.05, 0.1) is 0 Å². The van der Waals surface area contributed by atoms with Gasteiger partial charge in [-0.2, -0.15) is 0 Å². The van der Waals surface area contributed by atoms with Crippen LogP contribution in [0.1, 0.15) is 47.2 Å². The standard InChI is InChI=1S/C19H27FN2O2/c1-13-11-15(12-14(2)18(13)20)19(23)21-16-3-7-22(8-4-16)17-5-9-24-10-6-17/h11-12,16-17H,3-10H2,1-2H3,(H,21,23). The molecule has 1 aromatic carbocycles. The van der Waals surface area contributed by atoms with Crippen molar-refractivity contribution in [3.05, 3.63) is 34.6 Å². The molecule has 1 amide bonds. The van der Waals surface area contributed by atoms with Gasteiger partial charge in [0.1, 0.15) is 5.82 Å². The number of hydrogen-bond donors (Lipinski definition) is 1. The van der Waals surface area contributed by atoms with E-state index < -0.39 is 0 Å². The smallest absolute Gasteiger partial charge is 0.251 e. The minimum absolute atomic E-state index is 0.0919. The quantitative estimate of drug-likeness (QED) is 0.924. The Morgan fingerprint density at radius 3 is 2.29 bits per heavy atom. The summed E-state index contributed by atoms with van der Waals surface area (Å²) >= 11 is 0. The molecule has 2 aliphatic rings. The van der Waals surface area contributed by atoms with Crippen LogP contribution >= 0.6 is 0 Å². The number of carbonyl (C=O) groups is 1. The Balaban J connectivity index is 1.53. The van der Waals surface area contributed by atoms with E-state index >= 15 is 0 Å². The van der Waals surface area contributed by atoms with Gasteiger partial charge in [-0.25, -0.2) is 4.39 Å². The summed E-state index contributed by atoms with van der Waals surface area (Å²) in [6, 6.07) is 4.11. The Kier molecular flexibility index (Phi) is 5.51. The van der Waals surface area contributed by atoms with E-state index in [0.717, 1.165) is 52.0 Å². The molecular weight excluding hydrogens is 307 g/mol. The zero-order valence-electron chi connectivity index (χ0n) is 14.6. The van der Waals surface area contributed by atoms with E-state index in [9.17, 15) is 9.18 Å². The van der Waals surface area contributed by atoms with Crippen molar-refractivity contribution in [2.75, 3.05) is 26.3 Å². The lowest BCUT2D eigenvalue weighted by Gasteiger charge is -2.39. The first-order valence-corrected chi connectivity index (χ1v) is 8.94. The highest BCUT2D eigenvalue weighted by atomic mass is 19.1. The minimum Gasteiger partial charge on any atom is -0.381 e. The van der Waals surface area contributed by atoms with Crippen molar-refractivity contribution in [2.24, 2.45) is 0 Å². The van der Waals surface area contributed by atoms with Crippen molar-refractivity contribution in [1.29, 1.82) is 0 Å². The van der Waals surface area contributed by atoms with E-state index in [0.29, 0.717) is 22.7 Å². The van der Waals surface area contributed by atoms with Crippen LogP contribution < -0.4 is 5.32 Å². The van der Waals surface area contributed by atoms with Crippen LogP contribution in [0.15, 0.2) is 12.1 Å². The lowest BCUT2D eigenvalue weighted by atomic mass is 9.99. The fraction of sp³-hybridized carbons (Fsp3) is 0.632. The molecule has 0 unspecified atom stereocenters. The van der Waals surface area contributed by atoms with Gasteiger partial charge in [0, 0.05) is 44.0 Å². The highest BCUT2D eigenvalue weighted by Gasteiger charge is 2.27. The van der Waals surface area contributed by atoms with Crippen LogP contribution in [-0.2, 0) is 4.74 Å². The Bertz CT molecular complexity index is 568. The maximum atomic E-state index is 13.7. The van der Waals surface area contributed by atoms with Crippen LogP contribution in [0.3, 0.4) is 0 Å². The molecule has 0 aromatic heterocycles. The van der Waals surface area contributed by atoms with Crippen molar-refractivity contribution >= 4 is 5.91 Å². The summed E-state index contributed by atoms with van der Waals surface area (Å²) in [5.74, 6) is -0.318. The number of aryl methyl sites for hydroxylation is 2. The molecule has 5 heteroatoms. The van der Waals surface area contributed by atoms with Gasteiger partial charge in [-0.15, -0.1) is 0 Å². The molecule has 0 radical (unpaired) electrons. The summed E-state index contributed by atoms with van der Waals surface area (Å²) in [7, 11) is 0. The number of rotatable bonds is 3. The fourth-order valence-electron chi connectivity index (χ4n) is 3.80. The van der Waals surface area contributed by atoms with Crippen molar-refractivity contribution in [3.8, 4) is 0 Å². The molecule has 4 nitrogen and oxygen atoms in total. The predicted molar refractivity (Wildman–Crippen MR) is 91.8 cm³/mol. The van der Waals surface area contributed by atoms with E-state index in [-0.39, 0.29) is 17.8 Å². The molecule has 0 saturated carbocycles. The van der Waals surface area contributed by atoms with Crippen LogP contribution in [0, 0.1) is 19.7 Å². The van der Waals surface area contributed by atoms with E-state index in [1.165, 1.54) is 0 Å². The van der Waals surface area contributed by atoms with Crippen LogP contribution in [0.25, 0.3) is 0 Å². The van der Waals surface area contributed by atoms with Crippen molar-refractivity contribution in [1.82, 2.24) is 10.2 Å². The molecule has 0 atom stereocenters. The first-order valence-electron chi connectivity index (χ1n) is 8.94. The molecular formula is C19H27FN2O2. The number of benzene rings is 1. The van der Waals surface area contributed by atoms with Crippen LogP contribution in [0.4, 0.5) is 4.39 Å². The van der Waals surface area contributed by atoms with E-state index in [1.807, 2.05) is 0 Å². The van der Waals surface area contributed by atoms with Gasteiger partial charge >= 0.3 is 0 Å². The molecule has 2 saturated heterocycles.